The third-order valence-electron chi connectivity index (χ3n) is 4.86. The topological polar surface area (TPSA) is 20.3 Å². The average Bonchev–Trinajstić information content (AvgIpc) is 2.56. The highest BCUT2D eigenvalue weighted by Gasteiger charge is 2.37. The summed E-state index contributed by atoms with van der Waals surface area (Å²) in [5, 5.41) is 0. The van der Waals surface area contributed by atoms with Gasteiger partial charge in [-0.3, -0.25) is 4.79 Å². The maximum absolute atomic E-state index is 12.6. The number of carbonyl (C=O) groups excluding carboxylic acids is 1. The van der Waals surface area contributed by atoms with Crippen molar-refractivity contribution in [2.75, 3.05) is 11.9 Å². The molecule has 0 saturated heterocycles. The first-order valence-corrected chi connectivity index (χ1v) is 7.65. The molecule has 0 N–H and O–H groups in total. The molecule has 3 rings (SSSR count). The van der Waals surface area contributed by atoms with E-state index < -0.39 is 0 Å². The summed E-state index contributed by atoms with van der Waals surface area (Å²) in [6, 6.07) is 8.48. The fraction of sp³-hybridized carbons (Fsp3) is 0.588. The minimum Gasteiger partial charge on any atom is -0.315 e. The van der Waals surface area contributed by atoms with E-state index in [-0.39, 0.29) is 5.92 Å². The summed E-state index contributed by atoms with van der Waals surface area (Å²) in [6.07, 6.45) is 8.70. The second-order valence-corrected chi connectivity index (χ2v) is 6.01. The van der Waals surface area contributed by atoms with Gasteiger partial charge in [0.05, 0.1) is 0 Å². The number of benzene rings is 1. The summed E-state index contributed by atoms with van der Waals surface area (Å²) >= 11 is 0. The number of nitrogens with zero attached hydrogens (tertiary/aromatic N) is 1. The van der Waals surface area contributed by atoms with Crippen LogP contribution < -0.4 is 4.90 Å². The molecule has 2 aliphatic rings. The molecule has 1 aliphatic heterocycles. The summed E-state index contributed by atoms with van der Waals surface area (Å²) in [6.45, 7) is 0. The first-order chi connectivity index (χ1) is 9.29. The van der Waals surface area contributed by atoms with Crippen molar-refractivity contribution in [1.29, 1.82) is 0 Å². The normalized spacial score (nSPS) is 27.8. The second-order valence-electron chi connectivity index (χ2n) is 6.01. The molecule has 1 amide bonds. The zero-order valence-corrected chi connectivity index (χ0v) is 11.8. The molecule has 2 unspecified atom stereocenters. The molecule has 2 atom stereocenters. The Morgan fingerprint density at radius 3 is 2.37 bits per heavy atom. The van der Waals surface area contributed by atoms with E-state index in [0.717, 1.165) is 12.1 Å². The van der Waals surface area contributed by atoms with Crippen molar-refractivity contribution >= 4 is 11.6 Å². The lowest BCUT2D eigenvalue weighted by Crippen LogP contribution is -2.41. The van der Waals surface area contributed by atoms with E-state index in [9.17, 15) is 4.79 Å². The van der Waals surface area contributed by atoms with Crippen molar-refractivity contribution < 1.29 is 4.79 Å². The van der Waals surface area contributed by atoms with Gasteiger partial charge in [-0.1, -0.05) is 50.3 Å². The Hall–Kier alpha value is -1.31. The SMILES string of the molecule is CN1C(=O)C2CCCCCCCC2c2ccccc21. The molecule has 1 aromatic carbocycles. The molecule has 19 heavy (non-hydrogen) atoms. The van der Waals surface area contributed by atoms with Gasteiger partial charge in [0.15, 0.2) is 0 Å². The van der Waals surface area contributed by atoms with E-state index >= 15 is 0 Å². The van der Waals surface area contributed by atoms with Gasteiger partial charge >= 0.3 is 0 Å². The molecule has 2 heteroatoms. The van der Waals surface area contributed by atoms with Crippen LogP contribution in [0.15, 0.2) is 24.3 Å². The number of carbonyl (C=O) groups is 1. The predicted molar refractivity (Wildman–Crippen MR) is 78.4 cm³/mol. The zero-order valence-electron chi connectivity index (χ0n) is 11.8. The fourth-order valence-electron chi connectivity index (χ4n) is 3.80. The number of fused-ring (bicyclic) bond motifs is 3. The summed E-state index contributed by atoms with van der Waals surface area (Å²) in [7, 11) is 1.93. The lowest BCUT2D eigenvalue weighted by atomic mass is 9.76. The molecule has 1 aromatic rings. The number of para-hydroxylation sites is 1. The molecule has 1 fully saturated rings. The van der Waals surface area contributed by atoms with Crippen molar-refractivity contribution in [3.05, 3.63) is 29.8 Å². The Bertz CT molecular complexity index is 468. The van der Waals surface area contributed by atoms with Crippen molar-refractivity contribution in [3.63, 3.8) is 0 Å². The molecular formula is C17H23NO. The molecule has 2 nitrogen and oxygen atoms in total. The lowest BCUT2D eigenvalue weighted by Gasteiger charge is -2.37. The van der Waals surface area contributed by atoms with Gasteiger partial charge in [0, 0.05) is 18.7 Å². The Balaban J connectivity index is 2.00. The Kier molecular flexibility index (Phi) is 3.58. The predicted octanol–water partition coefficient (Wildman–Crippen LogP) is 4.11. The van der Waals surface area contributed by atoms with Gasteiger partial charge in [-0.05, 0) is 30.4 Å². The van der Waals surface area contributed by atoms with Gasteiger partial charge in [0.1, 0.15) is 0 Å². The number of hydrogen-bond donors (Lipinski definition) is 0. The fourth-order valence-corrected chi connectivity index (χ4v) is 3.80. The average molecular weight is 257 g/mol. The third kappa shape index (κ3) is 2.29. The van der Waals surface area contributed by atoms with Gasteiger partial charge < -0.3 is 4.90 Å². The lowest BCUT2D eigenvalue weighted by molar-refractivity contribution is -0.123. The highest BCUT2D eigenvalue weighted by Crippen LogP contribution is 2.44. The number of hydrogen-bond acceptors (Lipinski definition) is 1. The highest BCUT2D eigenvalue weighted by atomic mass is 16.2. The molecule has 0 bridgehead atoms. The van der Waals surface area contributed by atoms with Gasteiger partial charge in [-0.25, -0.2) is 0 Å². The summed E-state index contributed by atoms with van der Waals surface area (Å²) < 4.78 is 0. The summed E-state index contributed by atoms with van der Waals surface area (Å²) in [5.41, 5.74) is 2.53. The van der Waals surface area contributed by atoms with Gasteiger partial charge in [-0.15, -0.1) is 0 Å². The van der Waals surface area contributed by atoms with Crippen LogP contribution in [0.1, 0.15) is 56.4 Å². The van der Waals surface area contributed by atoms with Crippen LogP contribution in [-0.4, -0.2) is 13.0 Å². The van der Waals surface area contributed by atoms with Crippen LogP contribution in [-0.2, 0) is 4.79 Å². The minimum absolute atomic E-state index is 0.220. The Morgan fingerprint density at radius 2 is 1.58 bits per heavy atom. The minimum atomic E-state index is 0.220. The van der Waals surface area contributed by atoms with E-state index in [1.54, 1.807) is 0 Å². The number of amides is 1. The monoisotopic (exact) mass is 257 g/mol. The first-order valence-electron chi connectivity index (χ1n) is 7.65. The van der Waals surface area contributed by atoms with Crippen LogP contribution in [0, 0.1) is 5.92 Å². The van der Waals surface area contributed by atoms with Crippen molar-refractivity contribution in [2.24, 2.45) is 5.92 Å². The standard InChI is InChI=1S/C17H23NO/c1-18-16-12-8-7-10-14(16)13-9-5-3-2-4-6-11-15(13)17(18)19/h7-8,10,12-13,15H,2-6,9,11H2,1H3. The van der Waals surface area contributed by atoms with E-state index in [0.29, 0.717) is 11.8 Å². The van der Waals surface area contributed by atoms with Gasteiger partial charge in [0.25, 0.3) is 0 Å². The van der Waals surface area contributed by atoms with E-state index in [1.807, 2.05) is 18.0 Å². The number of rotatable bonds is 0. The van der Waals surface area contributed by atoms with Crippen LogP contribution in [0.25, 0.3) is 0 Å². The third-order valence-corrected chi connectivity index (χ3v) is 4.86. The van der Waals surface area contributed by atoms with Crippen molar-refractivity contribution in [1.82, 2.24) is 0 Å². The van der Waals surface area contributed by atoms with Crippen LogP contribution in [0.4, 0.5) is 5.69 Å². The van der Waals surface area contributed by atoms with Crippen LogP contribution in [0.5, 0.6) is 0 Å². The zero-order chi connectivity index (χ0) is 13.2. The molecule has 1 heterocycles. The van der Waals surface area contributed by atoms with Crippen molar-refractivity contribution in [2.45, 2.75) is 50.9 Å². The molecule has 0 radical (unpaired) electrons. The van der Waals surface area contributed by atoms with Gasteiger partial charge in [-0.2, -0.15) is 0 Å². The molecule has 1 aliphatic carbocycles. The maximum Gasteiger partial charge on any atom is 0.230 e. The van der Waals surface area contributed by atoms with E-state index in [2.05, 4.69) is 18.2 Å². The summed E-state index contributed by atoms with van der Waals surface area (Å²) in [4.78, 5) is 14.5. The van der Waals surface area contributed by atoms with E-state index in [4.69, 9.17) is 0 Å². The van der Waals surface area contributed by atoms with Crippen LogP contribution in [0.3, 0.4) is 0 Å². The second kappa shape index (κ2) is 5.36. The van der Waals surface area contributed by atoms with Crippen LogP contribution >= 0.6 is 0 Å². The molecule has 102 valence electrons. The highest BCUT2D eigenvalue weighted by molar-refractivity contribution is 5.98. The smallest absolute Gasteiger partial charge is 0.230 e. The summed E-state index contributed by atoms with van der Waals surface area (Å²) in [5.74, 6) is 1.02. The number of anilines is 1. The van der Waals surface area contributed by atoms with Crippen molar-refractivity contribution in [3.8, 4) is 0 Å². The molecular weight excluding hydrogens is 234 g/mol. The van der Waals surface area contributed by atoms with Gasteiger partial charge in [0.2, 0.25) is 5.91 Å². The first kappa shape index (κ1) is 12.7. The van der Waals surface area contributed by atoms with Crippen LogP contribution in [0.2, 0.25) is 0 Å². The quantitative estimate of drug-likeness (QED) is 0.685. The van der Waals surface area contributed by atoms with E-state index in [1.165, 1.54) is 44.1 Å². The largest absolute Gasteiger partial charge is 0.315 e. The molecule has 0 aromatic heterocycles. The maximum atomic E-state index is 12.6. The molecule has 1 saturated carbocycles. The Morgan fingerprint density at radius 1 is 0.947 bits per heavy atom. The Labute approximate surface area is 115 Å². The molecule has 0 spiro atoms.